The zero-order chi connectivity index (χ0) is 16.7. The highest BCUT2D eigenvalue weighted by Crippen LogP contribution is 2.19. The fourth-order valence-corrected chi connectivity index (χ4v) is 5.34. The zero-order valence-electron chi connectivity index (χ0n) is 13.4. The molecule has 2 saturated heterocycles. The van der Waals surface area contributed by atoms with Crippen molar-refractivity contribution in [1.29, 1.82) is 0 Å². The number of pyridine rings is 1. The van der Waals surface area contributed by atoms with Crippen molar-refractivity contribution >= 4 is 15.5 Å². The highest BCUT2D eigenvalue weighted by Gasteiger charge is 2.33. The van der Waals surface area contributed by atoms with Crippen molar-refractivity contribution in [3.63, 3.8) is 0 Å². The molecule has 0 saturated carbocycles. The van der Waals surface area contributed by atoms with Gasteiger partial charge in [0, 0.05) is 38.4 Å². The molecule has 2 aliphatic rings. The third-order valence-electron chi connectivity index (χ3n) is 4.95. The molecule has 8 nitrogen and oxygen atoms in total. The van der Waals surface area contributed by atoms with Gasteiger partial charge in [0.2, 0.25) is 0 Å². The molecule has 4 heterocycles. The van der Waals surface area contributed by atoms with Crippen LogP contribution < -0.4 is 5.69 Å². The van der Waals surface area contributed by atoms with E-state index in [2.05, 4.69) is 14.9 Å². The average Bonchev–Trinajstić information content (AvgIpc) is 3.09. The van der Waals surface area contributed by atoms with Crippen molar-refractivity contribution in [2.75, 3.05) is 37.7 Å². The molecule has 1 atom stereocenters. The van der Waals surface area contributed by atoms with Crippen LogP contribution in [0.2, 0.25) is 0 Å². The van der Waals surface area contributed by atoms with Crippen LogP contribution in [-0.2, 0) is 16.5 Å². The second-order valence-electron chi connectivity index (χ2n) is 6.56. The Morgan fingerprint density at radius 3 is 2.62 bits per heavy atom. The number of nitrogens with zero attached hydrogens (tertiary/aromatic N) is 5. The first kappa shape index (κ1) is 15.8. The summed E-state index contributed by atoms with van der Waals surface area (Å²) in [6.45, 7) is 3.77. The second kappa shape index (κ2) is 5.98. The first-order valence-corrected chi connectivity index (χ1v) is 10.0. The van der Waals surface area contributed by atoms with E-state index in [1.165, 1.54) is 4.68 Å². The summed E-state index contributed by atoms with van der Waals surface area (Å²) in [6, 6.07) is 5.65. The van der Waals surface area contributed by atoms with Gasteiger partial charge in [0.15, 0.2) is 15.5 Å². The number of hydrogen-bond donors (Lipinski definition) is 0. The maximum absolute atomic E-state index is 12.3. The Balaban J connectivity index is 1.39. The number of hydrogen-bond acceptors (Lipinski definition) is 6. The van der Waals surface area contributed by atoms with Crippen molar-refractivity contribution in [3.05, 3.63) is 34.9 Å². The maximum Gasteiger partial charge on any atom is 0.351 e. The lowest BCUT2D eigenvalue weighted by Gasteiger charge is -2.37. The Morgan fingerprint density at radius 1 is 1.17 bits per heavy atom. The zero-order valence-corrected chi connectivity index (χ0v) is 14.2. The minimum atomic E-state index is -2.84. The second-order valence-corrected chi connectivity index (χ2v) is 8.79. The van der Waals surface area contributed by atoms with Crippen molar-refractivity contribution in [1.82, 2.24) is 24.0 Å². The molecule has 24 heavy (non-hydrogen) atoms. The van der Waals surface area contributed by atoms with Crippen LogP contribution in [0, 0.1) is 0 Å². The lowest BCUT2D eigenvalue weighted by Crippen LogP contribution is -2.51. The highest BCUT2D eigenvalue weighted by atomic mass is 32.2. The van der Waals surface area contributed by atoms with Gasteiger partial charge < -0.3 is 0 Å². The SMILES string of the molecule is O=c1n(CN2CCN([C@H]3CCS(=O)(=O)C3)CC2)nc2ccccn12. The van der Waals surface area contributed by atoms with E-state index in [-0.39, 0.29) is 11.7 Å². The molecule has 9 heteroatoms. The molecule has 2 aliphatic heterocycles. The van der Waals surface area contributed by atoms with Gasteiger partial charge in [-0.05, 0) is 18.6 Å². The van der Waals surface area contributed by atoms with Crippen LogP contribution in [0.5, 0.6) is 0 Å². The molecule has 0 aromatic carbocycles. The summed E-state index contributed by atoms with van der Waals surface area (Å²) in [6.07, 6.45) is 2.47. The van der Waals surface area contributed by atoms with Gasteiger partial charge >= 0.3 is 5.69 Å². The van der Waals surface area contributed by atoms with Crippen LogP contribution in [0.15, 0.2) is 29.2 Å². The third-order valence-corrected chi connectivity index (χ3v) is 6.70. The van der Waals surface area contributed by atoms with E-state index in [9.17, 15) is 13.2 Å². The molecule has 2 fully saturated rings. The Kier molecular flexibility index (Phi) is 3.93. The largest absolute Gasteiger partial charge is 0.351 e. The molecule has 0 radical (unpaired) electrons. The quantitative estimate of drug-likeness (QED) is 0.725. The van der Waals surface area contributed by atoms with E-state index in [0.717, 1.165) is 32.6 Å². The van der Waals surface area contributed by atoms with Crippen LogP contribution >= 0.6 is 0 Å². The fourth-order valence-electron chi connectivity index (χ4n) is 3.58. The van der Waals surface area contributed by atoms with Crippen LogP contribution in [0.1, 0.15) is 6.42 Å². The number of sulfone groups is 1. The summed E-state index contributed by atoms with van der Waals surface area (Å²) in [7, 11) is -2.84. The highest BCUT2D eigenvalue weighted by molar-refractivity contribution is 7.91. The molecule has 0 spiro atoms. The third kappa shape index (κ3) is 2.99. The Bertz CT molecular complexity index is 895. The van der Waals surface area contributed by atoms with E-state index < -0.39 is 9.84 Å². The summed E-state index contributed by atoms with van der Waals surface area (Å²) >= 11 is 0. The van der Waals surface area contributed by atoms with E-state index >= 15 is 0 Å². The number of piperazine rings is 1. The normalized spacial score (nSPS) is 25.4. The predicted octanol–water partition coefficient (Wildman–Crippen LogP) is -0.742. The van der Waals surface area contributed by atoms with E-state index in [1.54, 1.807) is 10.6 Å². The van der Waals surface area contributed by atoms with Gasteiger partial charge in [-0.3, -0.25) is 14.2 Å². The Hall–Kier alpha value is -1.71. The molecule has 0 bridgehead atoms. The smallest absolute Gasteiger partial charge is 0.297 e. The van der Waals surface area contributed by atoms with Gasteiger partial charge in [-0.15, -0.1) is 5.10 Å². The molecule has 0 aliphatic carbocycles. The molecule has 2 aromatic heterocycles. The van der Waals surface area contributed by atoms with Gasteiger partial charge in [-0.2, -0.15) is 4.68 Å². The van der Waals surface area contributed by atoms with Crippen molar-refractivity contribution in [2.24, 2.45) is 0 Å². The number of fused-ring (bicyclic) bond motifs is 1. The van der Waals surface area contributed by atoms with Crippen LogP contribution in [0.3, 0.4) is 0 Å². The average molecular weight is 351 g/mol. The Labute approximate surface area is 140 Å². The standard InChI is InChI=1S/C15H21N5O3S/c21-15-19-5-2-1-3-14(19)16-20(15)12-17-6-8-18(9-7-17)13-4-10-24(22,23)11-13/h1-3,5,13H,4,6-12H2/t13-/m0/s1. The molecular weight excluding hydrogens is 330 g/mol. The fraction of sp³-hybridized carbons (Fsp3) is 0.600. The number of aromatic nitrogens is 3. The monoisotopic (exact) mass is 351 g/mol. The summed E-state index contributed by atoms with van der Waals surface area (Å²) < 4.78 is 26.3. The molecule has 0 unspecified atom stereocenters. The topological polar surface area (TPSA) is 79.9 Å². The van der Waals surface area contributed by atoms with Gasteiger partial charge in [0.1, 0.15) is 0 Å². The lowest BCUT2D eigenvalue weighted by molar-refractivity contribution is 0.0804. The van der Waals surface area contributed by atoms with Crippen LogP contribution in [0.25, 0.3) is 5.65 Å². The van der Waals surface area contributed by atoms with Crippen LogP contribution in [0.4, 0.5) is 0 Å². The van der Waals surface area contributed by atoms with E-state index in [4.69, 9.17) is 0 Å². The van der Waals surface area contributed by atoms with Gasteiger partial charge in [-0.1, -0.05) is 6.07 Å². The molecule has 4 rings (SSSR count). The van der Waals surface area contributed by atoms with Gasteiger partial charge in [-0.25, -0.2) is 13.2 Å². The minimum Gasteiger partial charge on any atom is -0.297 e. The Morgan fingerprint density at radius 2 is 1.96 bits per heavy atom. The predicted molar refractivity (Wildman–Crippen MR) is 89.7 cm³/mol. The van der Waals surface area contributed by atoms with Crippen LogP contribution in [-0.4, -0.2) is 76.1 Å². The molecule has 0 amide bonds. The summed E-state index contributed by atoms with van der Waals surface area (Å²) in [5.74, 6) is 0.605. The van der Waals surface area contributed by atoms with E-state index in [1.807, 2.05) is 18.2 Å². The minimum absolute atomic E-state index is 0.130. The first-order chi connectivity index (χ1) is 11.5. The van der Waals surface area contributed by atoms with E-state index in [0.29, 0.717) is 23.8 Å². The molecular formula is C15H21N5O3S. The summed E-state index contributed by atoms with van der Waals surface area (Å²) in [4.78, 5) is 16.8. The van der Waals surface area contributed by atoms with Crippen molar-refractivity contribution in [3.8, 4) is 0 Å². The summed E-state index contributed by atoms with van der Waals surface area (Å²) in [5.41, 5.74) is 0.521. The molecule has 2 aromatic rings. The van der Waals surface area contributed by atoms with Crippen molar-refractivity contribution < 1.29 is 8.42 Å². The maximum atomic E-state index is 12.3. The summed E-state index contributed by atoms with van der Waals surface area (Å²) in [5, 5.41) is 4.35. The first-order valence-electron chi connectivity index (χ1n) is 8.23. The molecule has 130 valence electrons. The van der Waals surface area contributed by atoms with Crippen molar-refractivity contribution in [2.45, 2.75) is 19.1 Å². The number of rotatable bonds is 3. The lowest BCUT2D eigenvalue weighted by atomic mass is 10.2. The van der Waals surface area contributed by atoms with Gasteiger partial charge in [0.25, 0.3) is 0 Å². The van der Waals surface area contributed by atoms with Gasteiger partial charge in [0.05, 0.1) is 18.2 Å². The molecule has 0 N–H and O–H groups in total.